The standard InChI is InChI=1S/C30H39NO8/c1-5-7-14-27(32)38-25-17-16-22(19-26(25)39-28(33)15-8-6-2)18-24(31)30(35)37-21(4)20(3)36-29(34)23-12-10-9-11-13-23/h9-13,16-17,19-21,24H,5-8,14-15,18,31H2,1-4H3/t20-,21-,24-/m0/s1. The number of carbonyl (C=O) groups is 4. The molecule has 212 valence electrons. The molecule has 0 bridgehead atoms. The minimum absolute atomic E-state index is 0.0767. The zero-order valence-corrected chi connectivity index (χ0v) is 23.1. The van der Waals surface area contributed by atoms with Gasteiger partial charge in [-0.3, -0.25) is 14.4 Å². The number of nitrogens with two attached hydrogens (primary N) is 1. The van der Waals surface area contributed by atoms with Crippen molar-refractivity contribution in [1.82, 2.24) is 0 Å². The molecule has 3 atom stereocenters. The van der Waals surface area contributed by atoms with Gasteiger partial charge in [-0.05, 0) is 62.9 Å². The fourth-order valence-electron chi connectivity index (χ4n) is 3.44. The Morgan fingerprint density at radius 1 is 0.769 bits per heavy atom. The van der Waals surface area contributed by atoms with Gasteiger partial charge in [0, 0.05) is 12.8 Å². The van der Waals surface area contributed by atoms with Crippen LogP contribution in [-0.4, -0.2) is 42.1 Å². The first-order chi connectivity index (χ1) is 18.6. The summed E-state index contributed by atoms with van der Waals surface area (Å²) in [6, 6.07) is 12.2. The van der Waals surface area contributed by atoms with Crippen LogP contribution in [0.1, 0.15) is 82.1 Å². The number of hydrogen-bond donors (Lipinski definition) is 1. The second-order valence-corrected chi connectivity index (χ2v) is 9.37. The van der Waals surface area contributed by atoms with Crippen molar-refractivity contribution in [3.63, 3.8) is 0 Å². The van der Waals surface area contributed by atoms with E-state index < -0.39 is 42.1 Å². The van der Waals surface area contributed by atoms with E-state index in [0.717, 1.165) is 12.8 Å². The van der Waals surface area contributed by atoms with Gasteiger partial charge in [0.15, 0.2) is 11.5 Å². The molecule has 2 N–H and O–H groups in total. The SMILES string of the molecule is CCCCC(=O)Oc1ccc(C[C@H](N)C(=O)O[C@@H](C)[C@H](C)OC(=O)c2ccccc2)cc1OC(=O)CCCC. The van der Waals surface area contributed by atoms with E-state index in [-0.39, 0.29) is 30.8 Å². The number of esters is 4. The van der Waals surface area contributed by atoms with Gasteiger partial charge < -0.3 is 24.7 Å². The molecule has 39 heavy (non-hydrogen) atoms. The summed E-state index contributed by atoms with van der Waals surface area (Å²) in [7, 11) is 0. The lowest BCUT2D eigenvalue weighted by Crippen LogP contribution is -2.39. The minimum atomic E-state index is -1.04. The molecular weight excluding hydrogens is 502 g/mol. The lowest BCUT2D eigenvalue weighted by atomic mass is 10.1. The molecule has 2 aromatic carbocycles. The van der Waals surface area contributed by atoms with Gasteiger partial charge in [0.2, 0.25) is 0 Å². The van der Waals surface area contributed by atoms with Crippen molar-refractivity contribution >= 4 is 23.9 Å². The van der Waals surface area contributed by atoms with Crippen LogP contribution in [0.2, 0.25) is 0 Å². The lowest BCUT2D eigenvalue weighted by Gasteiger charge is -2.22. The third-order valence-corrected chi connectivity index (χ3v) is 5.95. The van der Waals surface area contributed by atoms with Crippen LogP contribution in [0.15, 0.2) is 48.5 Å². The maximum absolute atomic E-state index is 12.7. The fourth-order valence-corrected chi connectivity index (χ4v) is 3.44. The van der Waals surface area contributed by atoms with Crippen molar-refractivity contribution < 1.29 is 38.1 Å². The molecule has 0 amide bonds. The number of benzene rings is 2. The summed E-state index contributed by atoms with van der Waals surface area (Å²) in [4.78, 5) is 49.4. The first-order valence-corrected chi connectivity index (χ1v) is 13.4. The van der Waals surface area contributed by atoms with Gasteiger partial charge in [-0.25, -0.2) is 4.79 Å². The third kappa shape index (κ3) is 10.9. The zero-order valence-electron chi connectivity index (χ0n) is 23.1. The Morgan fingerprint density at radius 3 is 1.92 bits per heavy atom. The van der Waals surface area contributed by atoms with Crippen LogP contribution in [0.5, 0.6) is 11.5 Å². The Balaban J connectivity index is 2.03. The Hall–Kier alpha value is -3.72. The molecule has 0 aromatic heterocycles. The van der Waals surface area contributed by atoms with Crippen molar-refractivity contribution in [3.8, 4) is 11.5 Å². The van der Waals surface area contributed by atoms with Crippen molar-refractivity contribution in [3.05, 3.63) is 59.7 Å². The van der Waals surface area contributed by atoms with Gasteiger partial charge in [0.1, 0.15) is 18.2 Å². The van der Waals surface area contributed by atoms with E-state index in [9.17, 15) is 19.2 Å². The Morgan fingerprint density at radius 2 is 1.33 bits per heavy atom. The van der Waals surface area contributed by atoms with Gasteiger partial charge in [0.25, 0.3) is 0 Å². The van der Waals surface area contributed by atoms with Gasteiger partial charge in [0.05, 0.1) is 5.56 Å². The molecule has 0 fully saturated rings. The van der Waals surface area contributed by atoms with Crippen molar-refractivity contribution in [2.24, 2.45) is 5.73 Å². The van der Waals surface area contributed by atoms with Crippen LogP contribution in [0.3, 0.4) is 0 Å². The van der Waals surface area contributed by atoms with E-state index in [1.807, 2.05) is 13.8 Å². The average Bonchev–Trinajstić information content (AvgIpc) is 2.92. The Bertz CT molecular complexity index is 1100. The molecule has 0 spiro atoms. The fraction of sp³-hybridized carbons (Fsp3) is 0.467. The van der Waals surface area contributed by atoms with Crippen molar-refractivity contribution in [2.75, 3.05) is 0 Å². The maximum Gasteiger partial charge on any atom is 0.338 e. The van der Waals surface area contributed by atoms with Crippen molar-refractivity contribution in [1.29, 1.82) is 0 Å². The molecular formula is C30H39NO8. The van der Waals surface area contributed by atoms with Gasteiger partial charge in [-0.15, -0.1) is 0 Å². The van der Waals surface area contributed by atoms with E-state index >= 15 is 0 Å². The summed E-state index contributed by atoms with van der Waals surface area (Å²) in [5.41, 5.74) is 7.08. The normalized spacial score (nSPS) is 13.1. The van der Waals surface area contributed by atoms with Crippen LogP contribution >= 0.6 is 0 Å². The Labute approximate surface area is 229 Å². The lowest BCUT2D eigenvalue weighted by molar-refractivity contribution is -0.155. The number of carbonyl (C=O) groups excluding carboxylic acids is 4. The molecule has 0 heterocycles. The summed E-state index contributed by atoms with van der Waals surface area (Å²) >= 11 is 0. The number of unbranched alkanes of at least 4 members (excludes halogenated alkanes) is 2. The first kappa shape index (κ1) is 31.5. The maximum atomic E-state index is 12.7. The number of ether oxygens (including phenoxy) is 4. The summed E-state index contributed by atoms with van der Waals surface area (Å²) in [6.45, 7) is 7.17. The summed E-state index contributed by atoms with van der Waals surface area (Å²) in [5, 5.41) is 0. The number of rotatable bonds is 15. The van der Waals surface area contributed by atoms with E-state index in [0.29, 0.717) is 24.0 Å². The van der Waals surface area contributed by atoms with E-state index in [1.165, 1.54) is 12.1 Å². The smallest absolute Gasteiger partial charge is 0.338 e. The second-order valence-electron chi connectivity index (χ2n) is 9.37. The highest BCUT2D eigenvalue weighted by Crippen LogP contribution is 2.30. The summed E-state index contributed by atoms with van der Waals surface area (Å²) in [5.74, 6) is -1.85. The largest absolute Gasteiger partial charge is 0.458 e. The van der Waals surface area contributed by atoms with Crippen LogP contribution in [-0.2, 0) is 30.3 Å². The summed E-state index contributed by atoms with van der Waals surface area (Å²) < 4.78 is 21.7. The first-order valence-electron chi connectivity index (χ1n) is 13.4. The van der Waals surface area contributed by atoms with Crippen LogP contribution in [0, 0.1) is 0 Å². The molecule has 0 saturated carbocycles. The molecule has 0 radical (unpaired) electrons. The Kier molecular flexibility index (Phi) is 13.2. The number of hydrogen-bond acceptors (Lipinski definition) is 9. The highest BCUT2D eigenvalue weighted by molar-refractivity contribution is 5.89. The molecule has 2 aromatic rings. The highest BCUT2D eigenvalue weighted by Gasteiger charge is 2.25. The van der Waals surface area contributed by atoms with E-state index in [1.54, 1.807) is 50.2 Å². The molecule has 9 heteroatoms. The van der Waals surface area contributed by atoms with E-state index in [4.69, 9.17) is 24.7 Å². The minimum Gasteiger partial charge on any atom is -0.458 e. The molecule has 9 nitrogen and oxygen atoms in total. The summed E-state index contributed by atoms with van der Waals surface area (Å²) in [6.07, 6.45) is 2.12. The predicted molar refractivity (Wildman–Crippen MR) is 145 cm³/mol. The molecule has 0 aliphatic carbocycles. The average molecular weight is 542 g/mol. The zero-order chi connectivity index (χ0) is 28.8. The van der Waals surface area contributed by atoms with Gasteiger partial charge >= 0.3 is 23.9 Å². The second kappa shape index (κ2) is 16.3. The van der Waals surface area contributed by atoms with Gasteiger partial charge in [-0.1, -0.05) is 51.0 Å². The van der Waals surface area contributed by atoms with Crippen LogP contribution < -0.4 is 15.2 Å². The van der Waals surface area contributed by atoms with Crippen LogP contribution in [0.25, 0.3) is 0 Å². The molecule has 2 rings (SSSR count). The van der Waals surface area contributed by atoms with Crippen molar-refractivity contribution in [2.45, 2.75) is 90.9 Å². The topological polar surface area (TPSA) is 131 Å². The monoisotopic (exact) mass is 541 g/mol. The molecule has 0 unspecified atom stereocenters. The van der Waals surface area contributed by atoms with Crippen LogP contribution in [0.4, 0.5) is 0 Å². The van der Waals surface area contributed by atoms with E-state index in [2.05, 4.69) is 0 Å². The molecule has 0 aliphatic heterocycles. The predicted octanol–water partition coefficient (Wildman–Crippen LogP) is 4.92. The van der Waals surface area contributed by atoms with Gasteiger partial charge in [-0.2, -0.15) is 0 Å². The quantitative estimate of drug-likeness (QED) is 0.246. The third-order valence-electron chi connectivity index (χ3n) is 5.95. The highest BCUT2D eigenvalue weighted by atomic mass is 16.6. The molecule has 0 saturated heterocycles. The molecule has 0 aliphatic rings.